The van der Waals surface area contributed by atoms with E-state index in [1.165, 1.54) is 26.4 Å². The molecular weight excluding hydrogens is 527 g/mol. The lowest BCUT2D eigenvalue weighted by Gasteiger charge is -2.17. The normalized spacial score (nSPS) is 17.1. The van der Waals surface area contributed by atoms with Crippen molar-refractivity contribution < 1.29 is 33.3 Å². The third kappa shape index (κ3) is 3.71. The quantitative estimate of drug-likeness (QED) is 0.353. The summed E-state index contributed by atoms with van der Waals surface area (Å²) < 4.78 is 10.1. The second-order valence-corrected chi connectivity index (χ2v) is 8.89. The first-order valence-electron chi connectivity index (χ1n) is 10.9. The molecule has 0 atom stereocenters. The maximum absolute atomic E-state index is 6.34. The molecule has 0 radical (unpaired) electrons. The Kier molecular flexibility index (Phi) is 6.58. The molecule has 1 aliphatic heterocycles. The van der Waals surface area contributed by atoms with Crippen LogP contribution in [0.2, 0.25) is 0 Å². The van der Waals surface area contributed by atoms with Crippen LogP contribution >= 0.6 is 11.3 Å². The van der Waals surface area contributed by atoms with Crippen molar-refractivity contribution in [2.75, 3.05) is 11.4 Å². The molecule has 5 rings (SSSR count). The van der Waals surface area contributed by atoms with Gasteiger partial charge in [0.1, 0.15) is 11.2 Å². The Hall–Kier alpha value is -2.38. The SMILES string of the molecule is C=Cc1ccc2c(c1)N(CC)/C(=C1\C=C(c3sc4ccc(C=C)cc4[n+]3CC)CC1)O2.[I-]. The maximum Gasteiger partial charge on any atom is 0.265 e. The number of halogens is 1. The first-order chi connectivity index (χ1) is 15.2. The molecule has 32 heavy (non-hydrogen) atoms. The lowest BCUT2D eigenvalue weighted by molar-refractivity contribution is -0.665. The van der Waals surface area contributed by atoms with E-state index in [9.17, 15) is 0 Å². The highest BCUT2D eigenvalue weighted by molar-refractivity contribution is 7.19. The zero-order valence-electron chi connectivity index (χ0n) is 18.5. The zero-order chi connectivity index (χ0) is 21.5. The van der Waals surface area contributed by atoms with E-state index in [2.05, 4.69) is 78.9 Å². The molecule has 0 spiro atoms. The van der Waals surface area contributed by atoms with Crippen molar-refractivity contribution in [2.45, 2.75) is 33.2 Å². The number of aryl methyl sites for hydroxylation is 1. The van der Waals surface area contributed by atoms with E-state index in [0.717, 1.165) is 54.4 Å². The average Bonchev–Trinajstić information content (AvgIpc) is 3.51. The monoisotopic (exact) mass is 554 g/mol. The Bertz CT molecular complexity index is 1280. The number of hydrogen-bond donors (Lipinski definition) is 0. The van der Waals surface area contributed by atoms with Crippen LogP contribution in [0.3, 0.4) is 0 Å². The zero-order valence-corrected chi connectivity index (χ0v) is 21.5. The largest absolute Gasteiger partial charge is 1.00 e. The molecule has 0 unspecified atom stereocenters. The second-order valence-electron chi connectivity index (χ2n) is 7.86. The average molecular weight is 554 g/mol. The number of hydrogen-bond acceptors (Lipinski definition) is 3. The Morgan fingerprint density at radius 1 is 1.06 bits per heavy atom. The smallest absolute Gasteiger partial charge is 0.265 e. The molecule has 2 aromatic carbocycles. The third-order valence-electron chi connectivity index (χ3n) is 6.12. The van der Waals surface area contributed by atoms with Crippen molar-refractivity contribution in [3.05, 3.63) is 83.2 Å². The molecule has 1 aromatic heterocycles. The van der Waals surface area contributed by atoms with Gasteiger partial charge < -0.3 is 33.6 Å². The number of ether oxygens (including phenoxy) is 1. The summed E-state index contributed by atoms with van der Waals surface area (Å²) in [5, 5.41) is 1.35. The topological polar surface area (TPSA) is 16.4 Å². The minimum atomic E-state index is 0. The fraction of sp³-hybridized carbons (Fsp3) is 0.222. The fourth-order valence-corrected chi connectivity index (χ4v) is 5.77. The Morgan fingerprint density at radius 2 is 1.81 bits per heavy atom. The highest BCUT2D eigenvalue weighted by Gasteiger charge is 2.32. The summed E-state index contributed by atoms with van der Waals surface area (Å²) in [6, 6.07) is 12.9. The molecule has 0 bridgehead atoms. The minimum absolute atomic E-state index is 0. The molecule has 0 amide bonds. The molecule has 164 valence electrons. The van der Waals surface area contributed by atoms with Gasteiger partial charge in [-0.1, -0.05) is 48.8 Å². The van der Waals surface area contributed by atoms with Crippen LogP contribution in [0.4, 0.5) is 5.69 Å². The van der Waals surface area contributed by atoms with Gasteiger partial charge in [-0.05, 0) is 62.1 Å². The Balaban J connectivity index is 0.00000245. The number of fused-ring (bicyclic) bond motifs is 2. The fourth-order valence-electron chi connectivity index (χ4n) is 4.52. The van der Waals surface area contributed by atoms with Crippen LogP contribution in [0.15, 0.2) is 67.1 Å². The van der Waals surface area contributed by atoms with Crippen molar-refractivity contribution in [3.63, 3.8) is 0 Å². The van der Waals surface area contributed by atoms with Crippen molar-refractivity contribution in [1.82, 2.24) is 0 Å². The van der Waals surface area contributed by atoms with E-state index < -0.39 is 0 Å². The van der Waals surface area contributed by atoms with Crippen molar-refractivity contribution in [1.29, 1.82) is 0 Å². The van der Waals surface area contributed by atoms with Crippen LogP contribution in [0, 0.1) is 0 Å². The summed E-state index contributed by atoms with van der Waals surface area (Å²) >= 11 is 1.88. The standard InChI is InChI=1S/C27H27N2OS.HI/c1-5-18-9-13-24-22(15-18)28(7-3)26(30-24)20-11-12-21(17-20)27-29(8-4)23-16-19(6-2)10-14-25(23)31-27;/h5-6,9-10,13-17H,1-2,7-8,11-12H2,3-4H3;1H/q+1;/p-1. The molecule has 3 nitrogen and oxygen atoms in total. The predicted octanol–water partition coefficient (Wildman–Crippen LogP) is 3.81. The molecule has 0 N–H and O–H groups in total. The summed E-state index contributed by atoms with van der Waals surface area (Å²) in [5.74, 6) is 1.91. The summed E-state index contributed by atoms with van der Waals surface area (Å²) in [7, 11) is 0. The van der Waals surface area contributed by atoms with E-state index >= 15 is 0 Å². The number of aromatic nitrogens is 1. The molecule has 0 saturated carbocycles. The molecule has 2 aliphatic rings. The van der Waals surface area contributed by atoms with E-state index in [1.807, 2.05) is 23.5 Å². The number of thiazole rings is 1. The van der Waals surface area contributed by atoms with Gasteiger partial charge in [0.2, 0.25) is 11.4 Å². The van der Waals surface area contributed by atoms with E-state index in [0.29, 0.717) is 0 Å². The molecule has 1 aliphatic carbocycles. The molecule has 5 heteroatoms. The summed E-state index contributed by atoms with van der Waals surface area (Å²) in [6.07, 6.45) is 8.19. The molecule has 3 aromatic rings. The van der Waals surface area contributed by atoms with Crippen molar-refractivity contribution in [3.8, 4) is 5.75 Å². The van der Waals surface area contributed by atoms with Crippen LogP contribution in [0.5, 0.6) is 5.75 Å². The van der Waals surface area contributed by atoms with Gasteiger partial charge in [0.05, 0.1) is 5.69 Å². The maximum atomic E-state index is 6.34. The predicted molar refractivity (Wildman–Crippen MR) is 132 cm³/mol. The molecule has 2 heterocycles. The van der Waals surface area contributed by atoms with Crippen LogP contribution in [0.1, 0.15) is 42.8 Å². The van der Waals surface area contributed by atoms with Crippen LogP contribution in [-0.4, -0.2) is 6.54 Å². The second kappa shape index (κ2) is 9.24. The first-order valence-corrected chi connectivity index (χ1v) is 11.7. The molecule has 0 saturated heterocycles. The van der Waals surface area contributed by atoms with Gasteiger partial charge in [-0.2, -0.15) is 4.57 Å². The third-order valence-corrected chi connectivity index (χ3v) is 7.36. The molecular formula is C27H27IN2OS. The van der Waals surface area contributed by atoms with Crippen LogP contribution in [0.25, 0.3) is 27.9 Å². The van der Waals surface area contributed by atoms with Gasteiger partial charge >= 0.3 is 0 Å². The first kappa shape index (κ1) is 22.8. The van der Waals surface area contributed by atoms with Gasteiger partial charge in [-0.3, -0.25) is 0 Å². The van der Waals surface area contributed by atoms with Gasteiger partial charge in [-0.15, -0.1) is 0 Å². The highest BCUT2D eigenvalue weighted by Crippen LogP contribution is 2.44. The van der Waals surface area contributed by atoms with Crippen molar-refractivity contribution >= 4 is 45.0 Å². The highest BCUT2D eigenvalue weighted by atomic mass is 127. The number of rotatable bonds is 5. The van der Waals surface area contributed by atoms with E-state index in [-0.39, 0.29) is 24.0 Å². The van der Waals surface area contributed by atoms with Gasteiger partial charge in [-0.25, -0.2) is 0 Å². The molecule has 0 fully saturated rings. The Morgan fingerprint density at radius 3 is 2.53 bits per heavy atom. The number of allylic oxidation sites excluding steroid dienone is 3. The summed E-state index contributed by atoms with van der Waals surface area (Å²) in [4.78, 5) is 2.28. The van der Waals surface area contributed by atoms with Gasteiger partial charge in [0, 0.05) is 23.8 Å². The van der Waals surface area contributed by atoms with Gasteiger partial charge in [0.15, 0.2) is 5.75 Å². The Labute approximate surface area is 211 Å². The van der Waals surface area contributed by atoms with Crippen molar-refractivity contribution in [2.24, 2.45) is 0 Å². The number of nitrogens with zero attached hydrogens (tertiary/aromatic N) is 2. The number of benzene rings is 2. The lowest BCUT2D eigenvalue weighted by atomic mass is 10.1. The summed E-state index contributed by atoms with van der Waals surface area (Å²) in [6.45, 7) is 14.1. The van der Waals surface area contributed by atoms with E-state index in [1.54, 1.807) is 0 Å². The van der Waals surface area contributed by atoms with Crippen LogP contribution in [-0.2, 0) is 6.54 Å². The minimum Gasteiger partial charge on any atom is -1.00 e. The van der Waals surface area contributed by atoms with Crippen LogP contribution < -0.4 is 38.2 Å². The lowest BCUT2D eigenvalue weighted by Crippen LogP contribution is -3.00. The van der Waals surface area contributed by atoms with Gasteiger partial charge in [0.25, 0.3) is 5.01 Å². The number of anilines is 1. The van der Waals surface area contributed by atoms with E-state index in [4.69, 9.17) is 4.74 Å². The summed E-state index contributed by atoms with van der Waals surface area (Å²) in [5.41, 5.74) is 7.37.